The van der Waals surface area contributed by atoms with Gasteiger partial charge in [-0.05, 0) is 61.4 Å². The van der Waals surface area contributed by atoms with Gasteiger partial charge in [0.15, 0.2) is 0 Å². The largest absolute Gasteiger partial charge is 0.383 e. The second-order valence-corrected chi connectivity index (χ2v) is 6.81. The van der Waals surface area contributed by atoms with Crippen LogP contribution < -0.4 is 10.6 Å². The first-order valence-corrected chi connectivity index (χ1v) is 9.21. The van der Waals surface area contributed by atoms with E-state index in [0.29, 0.717) is 17.9 Å². The maximum Gasteiger partial charge on any atom is 0.251 e. The van der Waals surface area contributed by atoms with Crippen LogP contribution in [0.2, 0.25) is 0 Å². The van der Waals surface area contributed by atoms with Crippen LogP contribution in [0.4, 0.5) is 5.69 Å². The molecule has 0 aliphatic carbocycles. The van der Waals surface area contributed by atoms with Gasteiger partial charge in [-0.25, -0.2) is 0 Å². The van der Waals surface area contributed by atoms with Crippen LogP contribution in [-0.2, 0) is 16.1 Å². The van der Waals surface area contributed by atoms with Crippen molar-refractivity contribution in [3.63, 3.8) is 0 Å². The van der Waals surface area contributed by atoms with E-state index in [-0.39, 0.29) is 18.4 Å². The number of benzene rings is 2. The zero-order valence-corrected chi connectivity index (χ0v) is 16.4. The molecular weight excluding hydrogens is 354 g/mol. The number of fused-ring (bicyclic) bond motifs is 1. The van der Waals surface area contributed by atoms with E-state index in [1.54, 1.807) is 13.2 Å². The van der Waals surface area contributed by atoms with Crippen LogP contribution in [0.25, 0.3) is 10.9 Å². The average molecular weight is 379 g/mol. The lowest BCUT2D eigenvalue weighted by Gasteiger charge is -2.09. The average Bonchev–Trinajstić information content (AvgIpc) is 3.08. The molecule has 0 aliphatic rings. The van der Waals surface area contributed by atoms with Crippen molar-refractivity contribution in [2.45, 2.75) is 20.4 Å². The highest BCUT2D eigenvalue weighted by molar-refractivity contribution is 6.00. The van der Waals surface area contributed by atoms with Crippen LogP contribution in [0.3, 0.4) is 0 Å². The molecule has 28 heavy (non-hydrogen) atoms. The molecular formula is C22H25N3O3. The van der Waals surface area contributed by atoms with Gasteiger partial charge >= 0.3 is 0 Å². The number of ether oxygens (including phenoxy) is 1. The Bertz CT molecular complexity index is 1010. The second-order valence-electron chi connectivity index (χ2n) is 6.81. The van der Waals surface area contributed by atoms with E-state index in [4.69, 9.17) is 4.74 Å². The standard InChI is InChI=1S/C22H25N3O3/c1-15-4-5-18(12-16(15)2)22(27)23-14-21(26)24-19-6-7-20-17(13-19)8-9-25(20)10-11-28-3/h4-9,12-13H,10-11,14H2,1-3H3,(H,23,27)(H,24,26). The van der Waals surface area contributed by atoms with E-state index in [1.807, 2.05) is 56.4 Å². The van der Waals surface area contributed by atoms with Crippen molar-refractivity contribution >= 4 is 28.4 Å². The third kappa shape index (κ3) is 4.58. The van der Waals surface area contributed by atoms with Crippen molar-refractivity contribution in [1.82, 2.24) is 9.88 Å². The van der Waals surface area contributed by atoms with Crippen molar-refractivity contribution < 1.29 is 14.3 Å². The zero-order chi connectivity index (χ0) is 20.1. The lowest BCUT2D eigenvalue weighted by Crippen LogP contribution is -2.32. The predicted molar refractivity (Wildman–Crippen MR) is 111 cm³/mol. The van der Waals surface area contributed by atoms with Gasteiger partial charge in [0, 0.05) is 42.0 Å². The number of methoxy groups -OCH3 is 1. The van der Waals surface area contributed by atoms with E-state index in [9.17, 15) is 9.59 Å². The maximum absolute atomic E-state index is 12.2. The summed E-state index contributed by atoms with van der Waals surface area (Å²) in [4.78, 5) is 24.4. The molecule has 0 unspecified atom stereocenters. The van der Waals surface area contributed by atoms with E-state index < -0.39 is 0 Å². The number of rotatable bonds is 7. The molecule has 2 N–H and O–H groups in total. The number of hydrogen-bond acceptors (Lipinski definition) is 3. The predicted octanol–water partition coefficient (Wildman–Crippen LogP) is 3.27. The summed E-state index contributed by atoms with van der Waals surface area (Å²) in [6, 6.07) is 13.2. The fourth-order valence-corrected chi connectivity index (χ4v) is 3.01. The molecule has 0 atom stereocenters. The van der Waals surface area contributed by atoms with Crippen LogP contribution in [-0.4, -0.2) is 36.6 Å². The van der Waals surface area contributed by atoms with Crippen LogP contribution in [0.15, 0.2) is 48.7 Å². The number of hydrogen-bond donors (Lipinski definition) is 2. The molecule has 2 aromatic carbocycles. The number of nitrogens with zero attached hydrogens (tertiary/aromatic N) is 1. The molecule has 6 heteroatoms. The third-order valence-corrected chi connectivity index (χ3v) is 4.77. The Balaban J connectivity index is 1.58. The van der Waals surface area contributed by atoms with Crippen LogP contribution in [0.1, 0.15) is 21.5 Å². The van der Waals surface area contributed by atoms with E-state index in [0.717, 1.165) is 28.6 Å². The number of anilines is 1. The Morgan fingerprint density at radius 3 is 2.61 bits per heavy atom. The fourth-order valence-electron chi connectivity index (χ4n) is 3.01. The van der Waals surface area contributed by atoms with Crippen molar-refractivity contribution in [1.29, 1.82) is 0 Å². The Morgan fingerprint density at radius 1 is 1.04 bits per heavy atom. The van der Waals surface area contributed by atoms with Crippen molar-refractivity contribution in [3.8, 4) is 0 Å². The van der Waals surface area contributed by atoms with Gasteiger partial charge in [-0.1, -0.05) is 6.07 Å². The summed E-state index contributed by atoms with van der Waals surface area (Å²) in [5.74, 6) is -0.528. The first-order valence-electron chi connectivity index (χ1n) is 9.21. The van der Waals surface area contributed by atoms with Gasteiger partial charge in [0.2, 0.25) is 5.91 Å². The summed E-state index contributed by atoms with van der Waals surface area (Å²) in [6.07, 6.45) is 2.00. The molecule has 0 saturated carbocycles. The molecule has 6 nitrogen and oxygen atoms in total. The molecule has 146 valence electrons. The summed E-state index contributed by atoms with van der Waals surface area (Å²) in [6.45, 7) is 5.28. The summed E-state index contributed by atoms with van der Waals surface area (Å²) < 4.78 is 7.22. The molecule has 0 radical (unpaired) electrons. The lowest BCUT2D eigenvalue weighted by atomic mass is 10.1. The van der Waals surface area contributed by atoms with Crippen LogP contribution >= 0.6 is 0 Å². The summed E-state index contributed by atoms with van der Waals surface area (Å²) in [5, 5.41) is 6.52. The molecule has 0 fully saturated rings. The molecule has 3 aromatic rings. The van der Waals surface area contributed by atoms with Gasteiger partial charge in [0.05, 0.1) is 13.2 Å². The lowest BCUT2D eigenvalue weighted by molar-refractivity contribution is -0.115. The minimum Gasteiger partial charge on any atom is -0.383 e. The number of aromatic nitrogens is 1. The second kappa shape index (κ2) is 8.71. The highest BCUT2D eigenvalue weighted by Crippen LogP contribution is 2.20. The summed E-state index contributed by atoms with van der Waals surface area (Å²) in [7, 11) is 1.68. The maximum atomic E-state index is 12.2. The first kappa shape index (κ1) is 19.6. The Kier molecular flexibility index (Phi) is 6.11. The number of carbonyl (C=O) groups excluding carboxylic acids is 2. The molecule has 2 amide bonds. The van der Waals surface area contributed by atoms with E-state index in [1.165, 1.54) is 0 Å². The molecule has 1 heterocycles. The number of nitrogens with one attached hydrogen (secondary N) is 2. The fraction of sp³-hybridized carbons (Fsp3) is 0.273. The number of aryl methyl sites for hydroxylation is 2. The zero-order valence-electron chi connectivity index (χ0n) is 16.4. The minimum absolute atomic E-state index is 0.0847. The van der Waals surface area contributed by atoms with Crippen molar-refractivity contribution in [2.75, 3.05) is 25.6 Å². The van der Waals surface area contributed by atoms with E-state index in [2.05, 4.69) is 15.2 Å². The Hall–Kier alpha value is -3.12. The molecule has 0 bridgehead atoms. The number of carbonyl (C=O) groups is 2. The highest BCUT2D eigenvalue weighted by Gasteiger charge is 2.10. The Morgan fingerprint density at radius 2 is 1.86 bits per heavy atom. The van der Waals surface area contributed by atoms with Gasteiger partial charge in [-0.15, -0.1) is 0 Å². The van der Waals surface area contributed by atoms with Gasteiger partial charge in [-0.3, -0.25) is 9.59 Å². The summed E-state index contributed by atoms with van der Waals surface area (Å²) in [5.41, 5.74) is 4.50. The smallest absolute Gasteiger partial charge is 0.251 e. The SMILES string of the molecule is COCCn1ccc2cc(NC(=O)CNC(=O)c3ccc(C)c(C)c3)ccc21. The molecule has 0 aliphatic heterocycles. The van der Waals surface area contributed by atoms with Gasteiger partial charge in [0.25, 0.3) is 5.91 Å². The minimum atomic E-state index is -0.268. The number of amides is 2. The first-order chi connectivity index (χ1) is 13.5. The molecule has 3 rings (SSSR count). The van der Waals surface area contributed by atoms with Crippen molar-refractivity contribution in [3.05, 3.63) is 65.4 Å². The quantitative estimate of drug-likeness (QED) is 0.662. The van der Waals surface area contributed by atoms with Crippen LogP contribution in [0, 0.1) is 13.8 Å². The van der Waals surface area contributed by atoms with Crippen molar-refractivity contribution in [2.24, 2.45) is 0 Å². The summed E-state index contributed by atoms with van der Waals surface area (Å²) >= 11 is 0. The van der Waals surface area contributed by atoms with Crippen LogP contribution in [0.5, 0.6) is 0 Å². The Labute approximate surface area is 164 Å². The van der Waals surface area contributed by atoms with E-state index >= 15 is 0 Å². The molecule has 0 saturated heterocycles. The molecule has 1 aromatic heterocycles. The highest BCUT2D eigenvalue weighted by atomic mass is 16.5. The molecule has 0 spiro atoms. The monoisotopic (exact) mass is 379 g/mol. The van der Waals surface area contributed by atoms with Gasteiger partial charge < -0.3 is 19.9 Å². The van der Waals surface area contributed by atoms with Gasteiger partial charge in [-0.2, -0.15) is 0 Å². The topological polar surface area (TPSA) is 72.4 Å². The van der Waals surface area contributed by atoms with Gasteiger partial charge in [0.1, 0.15) is 0 Å². The third-order valence-electron chi connectivity index (χ3n) is 4.77. The normalized spacial score (nSPS) is 10.8.